The van der Waals surface area contributed by atoms with Gasteiger partial charge in [-0.15, -0.1) is 11.3 Å². The van der Waals surface area contributed by atoms with E-state index >= 15 is 0 Å². The zero-order valence-electron chi connectivity index (χ0n) is 12.9. The van der Waals surface area contributed by atoms with Crippen LogP contribution in [0.1, 0.15) is 40.9 Å². The number of hydrogen-bond donors (Lipinski definition) is 1. The minimum atomic E-state index is 0.0341. The summed E-state index contributed by atoms with van der Waals surface area (Å²) >= 11 is 7.31. The van der Waals surface area contributed by atoms with Crippen molar-refractivity contribution in [3.63, 3.8) is 0 Å². The van der Waals surface area contributed by atoms with Crippen molar-refractivity contribution in [2.75, 3.05) is 0 Å². The van der Waals surface area contributed by atoms with Crippen molar-refractivity contribution in [1.29, 1.82) is 0 Å². The Morgan fingerprint density at radius 2 is 2.13 bits per heavy atom. The molecule has 2 aromatic rings. The number of carbonyl (C=O) groups is 1. The molecule has 1 amide bonds. The highest BCUT2D eigenvalue weighted by Crippen LogP contribution is 2.24. The van der Waals surface area contributed by atoms with Gasteiger partial charge in [0.25, 0.3) is 5.91 Å². The first-order valence-corrected chi connectivity index (χ1v) is 9.00. The number of aryl methyl sites for hydroxylation is 1. The molecule has 0 bridgehead atoms. The molecule has 0 atom stereocenters. The molecule has 2 heterocycles. The van der Waals surface area contributed by atoms with Crippen LogP contribution in [0.25, 0.3) is 0 Å². The highest BCUT2D eigenvalue weighted by Gasteiger charge is 2.24. The van der Waals surface area contributed by atoms with Crippen molar-refractivity contribution >= 4 is 28.8 Å². The fraction of sp³-hybridized carbons (Fsp3) is 0.412. The van der Waals surface area contributed by atoms with E-state index in [0.717, 1.165) is 36.1 Å². The lowest BCUT2D eigenvalue weighted by atomic mass is 9.93. The first kappa shape index (κ1) is 16.3. The van der Waals surface area contributed by atoms with Crippen molar-refractivity contribution < 1.29 is 9.53 Å². The molecule has 0 saturated heterocycles. The van der Waals surface area contributed by atoms with Crippen LogP contribution in [0, 0.1) is 6.92 Å². The number of nitrogens with zero attached hydrogens (tertiary/aromatic N) is 1. The second-order valence-corrected chi connectivity index (χ2v) is 7.22. The largest absolute Gasteiger partial charge is 0.474 e. The molecule has 3 rings (SSSR count). The Morgan fingerprint density at radius 3 is 2.74 bits per heavy atom. The van der Waals surface area contributed by atoms with Gasteiger partial charge in [0, 0.05) is 18.3 Å². The monoisotopic (exact) mass is 350 g/mol. The average molecular weight is 351 g/mol. The number of pyridine rings is 1. The predicted molar refractivity (Wildman–Crippen MR) is 92.4 cm³/mol. The van der Waals surface area contributed by atoms with Crippen molar-refractivity contribution in [2.45, 2.75) is 44.8 Å². The minimum Gasteiger partial charge on any atom is -0.474 e. The van der Waals surface area contributed by atoms with Gasteiger partial charge in [-0.25, -0.2) is 4.98 Å². The molecule has 0 unspecified atom stereocenters. The molecule has 1 fully saturated rings. The molecule has 1 aliphatic carbocycles. The maximum Gasteiger partial charge on any atom is 0.261 e. The summed E-state index contributed by atoms with van der Waals surface area (Å²) in [5.74, 6) is 0.641. The van der Waals surface area contributed by atoms with E-state index in [1.54, 1.807) is 18.3 Å². The summed E-state index contributed by atoms with van der Waals surface area (Å²) in [7, 11) is 0. The number of nitrogens with one attached hydrogen (secondary N) is 1. The third-order valence-corrected chi connectivity index (χ3v) is 5.22. The van der Waals surface area contributed by atoms with Gasteiger partial charge in [0.2, 0.25) is 5.88 Å². The summed E-state index contributed by atoms with van der Waals surface area (Å²) in [6, 6.07) is 5.72. The number of ether oxygens (including phenoxy) is 1. The third kappa shape index (κ3) is 4.45. The summed E-state index contributed by atoms with van der Waals surface area (Å²) < 4.78 is 5.87. The van der Waals surface area contributed by atoms with Crippen LogP contribution in [-0.4, -0.2) is 23.0 Å². The quantitative estimate of drug-likeness (QED) is 0.897. The van der Waals surface area contributed by atoms with Crippen LogP contribution in [0.2, 0.25) is 5.02 Å². The number of rotatable bonds is 4. The maximum atomic E-state index is 12.2. The lowest BCUT2D eigenvalue weighted by Gasteiger charge is -2.29. The third-order valence-electron chi connectivity index (χ3n) is 3.95. The highest BCUT2D eigenvalue weighted by atomic mass is 35.5. The SMILES string of the molecule is Cc1csc(C(=O)NC2CCC(Oc3ccc(Cl)cn3)CC2)c1. The van der Waals surface area contributed by atoms with Crippen LogP contribution in [0.4, 0.5) is 0 Å². The highest BCUT2D eigenvalue weighted by molar-refractivity contribution is 7.12. The molecule has 0 radical (unpaired) electrons. The van der Waals surface area contributed by atoms with Crippen LogP contribution in [0.5, 0.6) is 5.88 Å². The van der Waals surface area contributed by atoms with Crippen molar-refractivity contribution in [1.82, 2.24) is 10.3 Å². The fourth-order valence-corrected chi connectivity index (χ4v) is 3.65. The van der Waals surface area contributed by atoms with E-state index in [0.29, 0.717) is 10.9 Å². The van der Waals surface area contributed by atoms with Crippen molar-refractivity contribution in [3.05, 3.63) is 45.2 Å². The average Bonchev–Trinajstić information content (AvgIpc) is 2.98. The van der Waals surface area contributed by atoms with Gasteiger partial charge in [-0.2, -0.15) is 0 Å². The molecular weight excluding hydrogens is 332 g/mol. The Bertz CT molecular complexity index is 663. The van der Waals surface area contributed by atoms with Crippen LogP contribution in [-0.2, 0) is 0 Å². The molecule has 23 heavy (non-hydrogen) atoms. The summed E-state index contributed by atoms with van der Waals surface area (Å²) in [6.07, 6.45) is 5.42. The van der Waals surface area contributed by atoms with Crippen LogP contribution < -0.4 is 10.1 Å². The summed E-state index contributed by atoms with van der Waals surface area (Å²) in [6.45, 7) is 2.00. The molecule has 6 heteroatoms. The van der Waals surface area contributed by atoms with E-state index < -0.39 is 0 Å². The number of aromatic nitrogens is 1. The first-order valence-electron chi connectivity index (χ1n) is 7.74. The summed E-state index contributed by atoms with van der Waals surface area (Å²) in [5.41, 5.74) is 1.13. The standard InChI is InChI=1S/C17H19ClN2O2S/c1-11-8-15(23-10-11)17(21)20-13-3-5-14(6-4-13)22-16-7-2-12(18)9-19-16/h2,7-10,13-14H,3-6H2,1H3,(H,20,21). The molecular formula is C17H19ClN2O2S. The zero-order valence-corrected chi connectivity index (χ0v) is 14.5. The van der Waals surface area contributed by atoms with Gasteiger partial charge in [-0.1, -0.05) is 11.6 Å². The Balaban J connectivity index is 1.46. The van der Waals surface area contributed by atoms with Crippen molar-refractivity contribution in [2.24, 2.45) is 0 Å². The van der Waals surface area contributed by atoms with E-state index in [9.17, 15) is 4.79 Å². The normalized spacial score (nSPS) is 21.0. The number of carbonyl (C=O) groups excluding carboxylic acids is 1. The van der Waals surface area contributed by atoms with Gasteiger partial charge in [0.1, 0.15) is 6.10 Å². The molecule has 1 N–H and O–H groups in total. The molecule has 0 spiro atoms. The molecule has 1 aliphatic rings. The topological polar surface area (TPSA) is 51.2 Å². The first-order chi connectivity index (χ1) is 11.1. The Kier molecular flexibility index (Phi) is 5.18. The predicted octanol–water partition coefficient (Wildman–Crippen LogP) is 4.22. The Hall–Kier alpha value is -1.59. The number of hydrogen-bond acceptors (Lipinski definition) is 4. The second-order valence-electron chi connectivity index (χ2n) is 5.87. The fourth-order valence-electron chi connectivity index (χ4n) is 2.73. The van der Waals surface area contributed by atoms with Gasteiger partial charge < -0.3 is 10.1 Å². The minimum absolute atomic E-state index is 0.0341. The molecule has 4 nitrogen and oxygen atoms in total. The Morgan fingerprint density at radius 1 is 1.35 bits per heavy atom. The lowest BCUT2D eigenvalue weighted by Crippen LogP contribution is -2.39. The number of halogens is 1. The number of amides is 1. The van der Waals surface area contributed by atoms with E-state index in [1.807, 2.05) is 18.4 Å². The molecule has 0 aliphatic heterocycles. The van der Waals surface area contributed by atoms with Crippen LogP contribution >= 0.6 is 22.9 Å². The van der Waals surface area contributed by atoms with Gasteiger partial charge >= 0.3 is 0 Å². The van der Waals surface area contributed by atoms with Crippen LogP contribution in [0.15, 0.2) is 29.8 Å². The number of thiophene rings is 1. The van der Waals surface area contributed by atoms with Gasteiger partial charge in [0.15, 0.2) is 0 Å². The molecule has 122 valence electrons. The van der Waals surface area contributed by atoms with Gasteiger partial charge in [0.05, 0.1) is 9.90 Å². The summed E-state index contributed by atoms with van der Waals surface area (Å²) in [5, 5.41) is 5.73. The smallest absolute Gasteiger partial charge is 0.261 e. The molecule has 1 saturated carbocycles. The van der Waals surface area contributed by atoms with Gasteiger partial charge in [-0.3, -0.25) is 4.79 Å². The second kappa shape index (κ2) is 7.32. The van der Waals surface area contributed by atoms with E-state index in [4.69, 9.17) is 16.3 Å². The molecule has 0 aromatic carbocycles. The van der Waals surface area contributed by atoms with Crippen LogP contribution in [0.3, 0.4) is 0 Å². The van der Waals surface area contributed by atoms with E-state index in [-0.39, 0.29) is 18.1 Å². The van der Waals surface area contributed by atoms with Crippen molar-refractivity contribution in [3.8, 4) is 5.88 Å². The zero-order chi connectivity index (χ0) is 16.2. The summed E-state index contributed by atoms with van der Waals surface area (Å²) in [4.78, 5) is 17.1. The maximum absolute atomic E-state index is 12.2. The lowest BCUT2D eigenvalue weighted by molar-refractivity contribution is 0.0894. The van der Waals surface area contributed by atoms with E-state index in [1.165, 1.54) is 11.3 Å². The van der Waals surface area contributed by atoms with Gasteiger partial charge in [-0.05, 0) is 55.7 Å². The molecule has 2 aromatic heterocycles. The van der Waals surface area contributed by atoms with E-state index in [2.05, 4.69) is 10.3 Å². The Labute approximate surface area is 144 Å².